The molecule has 2 fully saturated rings. The summed E-state index contributed by atoms with van der Waals surface area (Å²) in [4.78, 5) is 4.29. The van der Waals surface area contributed by atoms with Crippen molar-refractivity contribution in [1.82, 2.24) is 0 Å². The minimum atomic E-state index is 0.949. The zero-order valence-corrected chi connectivity index (χ0v) is 14.5. The zero-order valence-electron chi connectivity index (χ0n) is 14.5. The second-order valence-electron chi connectivity index (χ2n) is 7.22. The first kappa shape index (κ1) is 15.9. The molecule has 0 amide bonds. The molecule has 0 aromatic heterocycles. The lowest BCUT2D eigenvalue weighted by atomic mass is 9.78. The molecule has 1 aromatic carbocycles. The number of hydrogen-bond acceptors (Lipinski definition) is 1. The van der Waals surface area contributed by atoms with Crippen LogP contribution in [-0.4, -0.2) is 25.7 Å². The lowest BCUT2D eigenvalue weighted by Crippen LogP contribution is -3.16. The fraction of sp³-hybridized carbons (Fsp3) is 0.700. The Kier molecular flexibility index (Phi) is 5.41. The van der Waals surface area contributed by atoms with Crippen LogP contribution in [0.5, 0.6) is 0 Å². The minimum Gasteiger partial charge on any atom is -0.372 e. The van der Waals surface area contributed by atoms with Gasteiger partial charge in [0.2, 0.25) is 0 Å². The molecule has 1 N–H and O–H groups in total. The summed E-state index contributed by atoms with van der Waals surface area (Å²) in [5, 5.41) is 0. The first-order chi connectivity index (χ1) is 10.8. The summed E-state index contributed by atoms with van der Waals surface area (Å²) >= 11 is 0. The number of likely N-dealkylation sites (tertiary alicyclic amines) is 1. The molecule has 0 radical (unpaired) electrons. The van der Waals surface area contributed by atoms with Crippen LogP contribution in [0.15, 0.2) is 24.3 Å². The number of nitrogens with one attached hydrogen (secondary N) is 1. The van der Waals surface area contributed by atoms with Gasteiger partial charge in [-0.2, -0.15) is 0 Å². The van der Waals surface area contributed by atoms with Crippen LogP contribution in [-0.2, 0) is 6.54 Å². The van der Waals surface area contributed by atoms with E-state index >= 15 is 0 Å². The molecular weight excluding hydrogens is 268 g/mol. The Hall–Kier alpha value is -1.02. The number of anilines is 1. The van der Waals surface area contributed by atoms with E-state index < -0.39 is 0 Å². The summed E-state index contributed by atoms with van der Waals surface area (Å²) in [5.74, 6) is 1.02. The lowest BCUT2D eigenvalue weighted by Gasteiger charge is -2.41. The fourth-order valence-electron chi connectivity index (χ4n) is 4.76. The van der Waals surface area contributed by atoms with Gasteiger partial charge in [-0.1, -0.05) is 18.6 Å². The molecule has 3 rings (SSSR count). The van der Waals surface area contributed by atoms with Crippen molar-refractivity contribution in [2.24, 2.45) is 5.92 Å². The Balaban J connectivity index is 1.64. The maximum atomic E-state index is 2.43. The largest absolute Gasteiger partial charge is 0.372 e. The van der Waals surface area contributed by atoms with E-state index in [1.54, 1.807) is 0 Å². The van der Waals surface area contributed by atoms with Gasteiger partial charge in [0.05, 0.1) is 12.6 Å². The Morgan fingerprint density at radius 3 is 2.36 bits per heavy atom. The first-order valence-electron chi connectivity index (χ1n) is 9.50. The van der Waals surface area contributed by atoms with Crippen LogP contribution in [0.2, 0.25) is 0 Å². The number of piperidine rings is 1. The highest BCUT2D eigenvalue weighted by atomic mass is 15.2. The van der Waals surface area contributed by atoms with Gasteiger partial charge < -0.3 is 9.80 Å². The summed E-state index contributed by atoms with van der Waals surface area (Å²) in [6.07, 6.45) is 8.84. The molecule has 2 heteroatoms. The Bertz CT molecular complexity index is 447. The van der Waals surface area contributed by atoms with Crippen molar-refractivity contribution in [2.75, 3.05) is 24.5 Å². The third-order valence-electron chi connectivity index (χ3n) is 6.00. The molecule has 0 bridgehead atoms. The van der Waals surface area contributed by atoms with E-state index in [1.165, 1.54) is 62.9 Å². The second-order valence-corrected chi connectivity index (χ2v) is 7.22. The summed E-state index contributed by atoms with van der Waals surface area (Å²) in [6, 6.07) is 10.3. The molecule has 2 nitrogen and oxygen atoms in total. The van der Waals surface area contributed by atoms with Gasteiger partial charge >= 0.3 is 0 Å². The van der Waals surface area contributed by atoms with Gasteiger partial charge in [0.1, 0.15) is 6.54 Å². The van der Waals surface area contributed by atoms with Crippen LogP contribution in [0.3, 0.4) is 0 Å². The lowest BCUT2D eigenvalue weighted by molar-refractivity contribution is -0.949. The predicted molar refractivity (Wildman–Crippen MR) is 94.5 cm³/mol. The van der Waals surface area contributed by atoms with E-state index in [9.17, 15) is 0 Å². The van der Waals surface area contributed by atoms with Crippen molar-refractivity contribution < 1.29 is 4.90 Å². The van der Waals surface area contributed by atoms with Crippen molar-refractivity contribution in [3.05, 3.63) is 29.8 Å². The Labute approximate surface area is 136 Å². The minimum absolute atomic E-state index is 0.949. The number of nitrogens with zero attached hydrogens (tertiary/aromatic N) is 1. The van der Waals surface area contributed by atoms with E-state index in [0.29, 0.717) is 0 Å². The average molecular weight is 301 g/mol. The molecule has 1 aliphatic carbocycles. The van der Waals surface area contributed by atoms with Gasteiger partial charge in [-0.05, 0) is 58.1 Å². The summed E-state index contributed by atoms with van der Waals surface area (Å²) < 4.78 is 0. The quantitative estimate of drug-likeness (QED) is 0.877. The van der Waals surface area contributed by atoms with Crippen LogP contribution >= 0.6 is 0 Å². The van der Waals surface area contributed by atoms with Gasteiger partial charge in [-0.3, -0.25) is 0 Å². The summed E-state index contributed by atoms with van der Waals surface area (Å²) in [7, 11) is 0. The summed E-state index contributed by atoms with van der Waals surface area (Å²) in [6.45, 7) is 9.28. The van der Waals surface area contributed by atoms with E-state index in [1.807, 2.05) is 4.90 Å². The van der Waals surface area contributed by atoms with Crippen molar-refractivity contribution in [2.45, 2.75) is 65.0 Å². The molecule has 1 unspecified atom stereocenters. The van der Waals surface area contributed by atoms with Crippen LogP contribution < -0.4 is 9.80 Å². The number of benzene rings is 1. The molecule has 0 spiro atoms. The van der Waals surface area contributed by atoms with Crippen molar-refractivity contribution in [3.8, 4) is 0 Å². The molecule has 122 valence electrons. The normalized spacial score (nSPS) is 28.2. The smallest absolute Gasteiger partial charge is 0.103 e. The fourth-order valence-corrected chi connectivity index (χ4v) is 4.76. The molecule has 1 aliphatic heterocycles. The van der Waals surface area contributed by atoms with Gasteiger partial charge in [0.15, 0.2) is 0 Å². The highest BCUT2D eigenvalue weighted by Crippen LogP contribution is 2.28. The highest BCUT2D eigenvalue weighted by Gasteiger charge is 2.36. The van der Waals surface area contributed by atoms with Crippen molar-refractivity contribution in [3.63, 3.8) is 0 Å². The zero-order chi connectivity index (χ0) is 15.4. The molecule has 3 atom stereocenters. The molecule has 1 saturated carbocycles. The number of rotatable bonds is 5. The van der Waals surface area contributed by atoms with Crippen LogP contribution in [0.4, 0.5) is 5.69 Å². The molecule has 22 heavy (non-hydrogen) atoms. The SMILES string of the molecule is CCN(CC)c1ccc(C[NH+]2CCC[C@@H]3CCCC[C@@H]32)cc1. The van der Waals surface area contributed by atoms with Crippen molar-refractivity contribution >= 4 is 5.69 Å². The van der Waals surface area contributed by atoms with Crippen LogP contribution in [0.25, 0.3) is 0 Å². The Morgan fingerprint density at radius 2 is 1.64 bits per heavy atom. The topological polar surface area (TPSA) is 7.68 Å². The van der Waals surface area contributed by atoms with Crippen LogP contribution in [0.1, 0.15) is 57.9 Å². The second kappa shape index (κ2) is 7.50. The van der Waals surface area contributed by atoms with Gasteiger partial charge in [-0.25, -0.2) is 0 Å². The third-order valence-corrected chi connectivity index (χ3v) is 6.00. The summed E-state index contributed by atoms with van der Waals surface area (Å²) in [5.41, 5.74) is 2.90. The van der Waals surface area contributed by atoms with E-state index in [0.717, 1.165) is 25.0 Å². The predicted octanol–water partition coefficient (Wildman–Crippen LogP) is 3.27. The maximum Gasteiger partial charge on any atom is 0.103 e. The highest BCUT2D eigenvalue weighted by molar-refractivity contribution is 5.47. The van der Waals surface area contributed by atoms with Crippen LogP contribution in [0, 0.1) is 5.92 Å². The monoisotopic (exact) mass is 301 g/mol. The van der Waals surface area contributed by atoms with Gasteiger partial charge in [0, 0.05) is 30.3 Å². The Morgan fingerprint density at radius 1 is 0.955 bits per heavy atom. The molecule has 1 heterocycles. The number of hydrogen-bond donors (Lipinski definition) is 1. The maximum absolute atomic E-state index is 2.43. The first-order valence-corrected chi connectivity index (χ1v) is 9.50. The number of quaternary nitrogens is 1. The van der Waals surface area contributed by atoms with Crippen molar-refractivity contribution in [1.29, 1.82) is 0 Å². The van der Waals surface area contributed by atoms with E-state index in [4.69, 9.17) is 0 Å². The van der Waals surface area contributed by atoms with Gasteiger partial charge in [0.25, 0.3) is 0 Å². The average Bonchev–Trinajstić information content (AvgIpc) is 2.58. The molecular formula is C20H33N2+. The molecule has 1 aromatic rings. The van der Waals surface area contributed by atoms with E-state index in [2.05, 4.69) is 43.0 Å². The van der Waals surface area contributed by atoms with E-state index in [-0.39, 0.29) is 0 Å². The standard InChI is InChI=1S/C20H32N2/c1-3-21(4-2)19-13-11-17(12-14-19)16-22-15-7-9-18-8-5-6-10-20(18)22/h11-14,18,20H,3-10,15-16H2,1-2H3/p+1/t18-,20-/m0/s1. The molecule has 1 saturated heterocycles. The molecule has 2 aliphatic rings. The number of fused-ring (bicyclic) bond motifs is 1. The van der Waals surface area contributed by atoms with Gasteiger partial charge in [-0.15, -0.1) is 0 Å². The third kappa shape index (κ3) is 3.48.